The molecule has 0 saturated carbocycles. The number of hydrogen-bond acceptors (Lipinski definition) is 4. The van der Waals surface area contributed by atoms with Gasteiger partial charge in [-0.1, -0.05) is 72.8 Å². The molecule has 8 aromatic rings. The lowest BCUT2D eigenvalue weighted by molar-refractivity contribution is 0.561. The second-order valence-corrected chi connectivity index (χ2v) is 11.1. The Balaban J connectivity index is 1.19. The molecule has 0 radical (unpaired) electrons. The fourth-order valence-corrected chi connectivity index (χ4v) is 6.54. The highest BCUT2D eigenvalue weighted by atomic mass is 15.2. The first kappa shape index (κ1) is 23.9. The van der Waals surface area contributed by atoms with E-state index in [4.69, 9.17) is 15.0 Å². The second kappa shape index (κ2) is 9.13. The average Bonchev–Trinajstić information content (AvgIpc) is 3.61. The van der Waals surface area contributed by atoms with Crippen molar-refractivity contribution in [1.29, 1.82) is 0 Å². The number of nitrogens with zero attached hydrogens (tertiary/aromatic N) is 6. The van der Waals surface area contributed by atoms with E-state index in [-0.39, 0.29) is 0 Å². The first-order valence-corrected chi connectivity index (χ1v) is 14.5. The Labute approximate surface area is 247 Å². The molecular formula is C37H26N6. The Hall–Kier alpha value is -5.75. The van der Waals surface area contributed by atoms with Crippen LogP contribution in [0, 0.1) is 0 Å². The first-order valence-electron chi connectivity index (χ1n) is 14.5. The third kappa shape index (κ3) is 3.56. The second-order valence-electron chi connectivity index (χ2n) is 11.1. The van der Waals surface area contributed by atoms with Crippen LogP contribution >= 0.6 is 0 Å². The number of rotatable bonds is 3. The number of para-hydroxylation sites is 5. The summed E-state index contributed by atoms with van der Waals surface area (Å²) < 4.78 is 4.50. The van der Waals surface area contributed by atoms with Crippen molar-refractivity contribution in [2.45, 2.75) is 0 Å². The van der Waals surface area contributed by atoms with E-state index in [9.17, 15) is 0 Å². The molecule has 3 aromatic heterocycles. The zero-order chi connectivity index (χ0) is 28.5. The monoisotopic (exact) mass is 554 g/mol. The van der Waals surface area contributed by atoms with Gasteiger partial charge in [0.25, 0.3) is 0 Å². The topological polar surface area (TPSA) is 50.7 Å². The molecule has 9 rings (SSSR count). The van der Waals surface area contributed by atoms with Crippen molar-refractivity contribution in [3.8, 4) is 5.69 Å². The van der Waals surface area contributed by atoms with Crippen molar-refractivity contribution in [2.75, 3.05) is 13.6 Å². The zero-order valence-electron chi connectivity index (χ0n) is 23.5. The van der Waals surface area contributed by atoms with Crippen LogP contribution in [0.2, 0.25) is 0 Å². The fraction of sp³-hybridized carbons (Fsp3) is 0.0541. The maximum Gasteiger partial charge on any atom is 0.182 e. The van der Waals surface area contributed by atoms with Crippen LogP contribution in [0.4, 0.5) is 0 Å². The van der Waals surface area contributed by atoms with E-state index < -0.39 is 0 Å². The molecule has 0 N–H and O–H groups in total. The smallest absolute Gasteiger partial charge is 0.182 e. The predicted molar refractivity (Wildman–Crippen MR) is 176 cm³/mol. The van der Waals surface area contributed by atoms with Crippen LogP contribution in [-0.4, -0.2) is 43.3 Å². The molecule has 0 amide bonds. The predicted octanol–water partition coefficient (Wildman–Crippen LogP) is 7.87. The largest absolute Gasteiger partial charge is 0.352 e. The van der Waals surface area contributed by atoms with Crippen LogP contribution in [0.15, 0.2) is 133 Å². The van der Waals surface area contributed by atoms with Crippen LogP contribution in [0.5, 0.6) is 0 Å². The SMILES string of the molecule is CN1CC(c2cccc(-n3c4ccccc4c4ccccc43)c2)=CN=C1c1nc2ccccc2c2nc3ccccc3n12. The number of fused-ring (bicyclic) bond motifs is 8. The highest BCUT2D eigenvalue weighted by Crippen LogP contribution is 2.33. The Kier molecular flexibility index (Phi) is 5.07. The summed E-state index contributed by atoms with van der Waals surface area (Å²) in [5, 5.41) is 3.55. The molecule has 1 aliphatic rings. The highest BCUT2D eigenvalue weighted by Gasteiger charge is 2.23. The summed E-state index contributed by atoms with van der Waals surface area (Å²) in [7, 11) is 2.09. The van der Waals surface area contributed by atoms with Gasteiger partial charge in [0.1, 0.15) is 5.65 Å². The summed E-state index contributed by atoms with van der Waals surface area (Å²) in [5.74, 6) is 1.61. The minimum absolute atomic E-state index is 0.706. The molecule has 0 spiro atoms. The average molecular weight is 555 g/mol. The number of benzene rings is 5. The van der Waals surface area contributed by atoms with Gasteiger partial charge < -0.3 is 9.47 Å². The van der Waals surface area contributed by atoms with Gasteiger partial charge in [0.05, 0.1) is 27.6 Å². The molecule has 5 aromatic carbocycles. The van der Waals surface area contributed by atoms with Crippen LogP contribution in [0.3, 0.4) is 0 Å². The van der Waals surface area contributed by atoms with Gasteiger partial charge in [-0.3, -0.25) is 4.40 Å². The maximum absolute atomic E-state index is 5.12. The minimum Gasteiger partial charge on any atom is -0.352 e. The summed E-state index contributed by atoms with van der Waals surface area (Å²) in [6, 6.07) is 42.4. The number of imidazole rings is 1. The van der Waals surface area contributed by atoms with Gasteiger partial charge in [-0.05, 0) is 59.7 Å². The molecule has 4 heterocycles. The van der Waals surface area contributed by atoms with E-state index >= 15 is 0 Å². The van der Waals surface area contributed by atoms with Crippen LogP contribution < -0.4 is 0 Å². The van der Waals surface area contributed by atoms with Gasteiger partial charge in [-0.2, -0.15) is 0 Å². The van der Waals surface area contributed by atoms with Crippen molar-refractivity contribution < 1.29 is 0 Å². The zero-order valence-corrected chi connectivity index (χ0v) is 23.5. The summed E-state index contributed by atoms with van der Waals surface area (Å²) >= 11 is 0. The van der Waals surface area contributed by atoms with E-state index in [1.807, 2.05) is 36.5 Å². The molecule has 0 aliphatic carbocycles. The third-order valence-corrected chi connectivity index (χ3v) is 8.51. The van der Waals surface area contributed by atoms with E-state index in [0.29, 0.717) is 6.54 Å². The molecule has 6 nitrogen and oxygen atoms in total. The number of aromatic nitrogens is 4. The first-order chi connectivity index (χ1) is 21.2. The Morgan fingerprint density at radius 1 is 0.605 bits per heavy atom. The molecular weight excluding hydrogens is 528 g/mol. The summed E-state index contributed by atoms with van der Waals surface area (Å²) in [6.07, 6.45) is 2.00. The standard InChI is InChI=1S/C37H26N6/c1-41-23-25(24-11-10-12-26(21-24)42-32-18-7-3-13-27(32)28-14-4-8-19-33(28)42)22-38-36(41)37-39-30-16-5-2-15-29(30)35-40-31-17-6-9-20-34(31)43(35)37/h2-22H,23H2,1H3. The molecule has 204 valence electrons. The van der Waals surface area contributed by atoms with Crippen LogP contribution in [0.25, 0.3) is 60.6 Å². The van der Waals surface area contributed by atoms with Gasteiger partial charge in [-0.15, -0.1) is 0 Å². The highest BCUT2D eigenvalue weighted by molar-refractivity contribution is 6.09. The Morgan fingerprint density at radius 3 is 2.00 bits per heavy atom. The van der Waals surface area contributed by atoms with Gasteiger partial charge in [0.15, 0.2) is 11.7 Å². The van der Waals surface area contributed by atoms with Crippen LogP contribution in [0.1, 0.15) is 11.4 Å². The molecule has 0 saturated heterocycles. The molecule has 0 fully saturated rings. The maximum atomic E-state index is 5.12. The number of amidine groups is 1. The summed E-state index contributed by atoms with van der Waals surface area (Å²) in [6.45, 7) is 0.706. The summed E-state index contributed by atoms with van der Waals surface area (Å²) in [5.41, 5.74) is 9.62. The normalized spacial score (nSPS) is 13.8. The quantitative estimate of drug-likeness (QED) is 0.223. The van der Waals surface area contributed by atoms with Crippen molar-refractivity contribution in [3.05, 3.63) is 139 Å². The molecule has 0 unspecified atom stereocenters. The van der Waals surface area contributed by atoms with Crippen molar-refractivity contribution in [2.24, 2.45) is 4.99 Å². The Morgan fingerprint density at radius 2 is 1.26 bits per heavy atom. The van der Waals surface area contributed by atoms with Gasteiger partial charge >= 0.3 is 0 Å². The molecule has 6 heteroatoms. The lowest BCUT2D eigenvalue weighted by Crippen LogP contribution is -2.33. The lowest BCUT2D eigenvalue weighted by Gasteiger charge is -2.26. The van der Waals surface area contributed by atoms with Gasteiger partial charge in [-0.25, -0.2) is 15.0 Å². The molecule has 0 bridgehead atoms. The number of likely N-dealkylation sites (N-methyl/N-ethyl adjacent to an activating group) is 1. The van der Waals surface area contributed by atoms with E-state index in [1.165, 1.54) is 21.8 Å². The number of hydrogen-bond donors (Lipinski definition) is 0. The van der Waals surface area contributed by atoms with Crippen molar-refractivity contribution in [1.82, 2.24) is 23.8 Å². The van der Waals surface area contributed by atoms with E-state index in [2.05, 4.69) is 112 Å². The third-order valence-electron chi connectivity index (χ3n) is 8.51. The van der Waals surface area contributed by atoms with Gasteiger partial charge in [0.2, 0.25) is 0 Å². The Bertz CT molecular complexity index is 2410. The molecule has 1 aliphatic heterocycles. The number of aliphatic imine (C=N–C) groups is 1. The van der Waals surface area contributed by atoms with Gasteiger partial charge in [0, 0.05) is 41.6 Å². The fourth-order valence-electron chi connectivity index (χ4n) is 6.54. The molecule has 0 atom stereocenters. The molecule has 43 heavy (non-hydrogen) atoms. The van der Waals surface area contributed by atoms with Crippen LogP contribution in [-0.2, 0) is 0 Å². The minimum atomic E-state index is 0.706. The van der Waals surface area contributed by atoms with Crippen molar-refractivity contribution >= 4 is 60.8 Å². The van der Waals surface area contributed by atoms with E-state index in [0.717, 1.165) is 56.1 Å². The van der Waals surface area contributed by atoms with Crippen molar-refractivity contribution in [3.63, 3.8) is 0 Å². The summed E-state index contributed by atoms with van der Waals surface area (Å²) in [4.78, 5) is 17.3. The lowest BCUT2D eigenvalue weighted by atomic mass is 10.0. The van der Waals surface area contributed by atoms with E-state index in [1.54, 1.807) is 0 Å².